The summed E-state index contributed by atoms with van der Waals surface area (Å²) in [5.74, 6) is 0.192. The van der Waals surface area contributed by atoms with Crippen molar-refractivity contribution in [2.24, 2.45) is 0 Å². The van der Waals surface area contributed by atoms with Crippen molar-refractivity contribution >= 4 is 21.6 Å². The van der Waals surface area contributed by atoms with Crippen molar-refractivity contribution in [1.29, 1.82) is 5.26 Å². The Hall–Kier alpha value is -0.310. The van der Waals surface area contributed by atoms with E-state index in [-0.39, 0.29) is 11.9 Å². The summed E-state index contributed by atoms with van der Waals surface area (Å²) in [6.07, 6.45) is 0. The van der Waals surface area contributed by atoms with Crippen molar-refractivity contribution in [3.8, 4) is 6.07 Å². The van der Waals surface area contributed by atoms with E-state index in [1.54, 1.807) is 13.0 Å². The van der Waals surface area contributed by atoms with Crippen molar-refractivity contribution in [1.82, 2.24) is 4.72 Å². The molecule has 0 spiro atoms. The summed E-state index contributed by atoms with van der Waals surface area (Å²) in [5, 5.41) is 7.32. The van der Waals surface area contributed by atoms with Gasteiger partial charge in [0.1, 0.15) is 0 Å². The van der Waals surface area contributed by atoms with E-state index >= 15 is 0 Å². The first-order valence-electron chi connectivity index (χ1n) is 3.40. The minimum Gasteiger partial charge on any atom is -0.211 e. The molecular weight excluding hydrogens is 200 g/mol. The zero-order valence-electron chi connectivity index (χ0n) is 6.91. The lowest BCUT2D eigenvalue weighted by Crippen LogP contribution is -2.38. The lowest BCUT2D eigenvalue weighted by molar-refractivity contribution is 0.566. The Morgan fingerprint density at radius 1 is 1.58 bits per heavy atom. The maximum atomic E-state index is 11.1. The predicted octanol–water partition coefficient (Wildman–Crippen LogP) is 0.445. The Labute approximate surface area is 77.6 Å². The van der Waals surface area contributed by atoms with Gasteiger partial charge >= 0.3 is 0 Å². The van der Waals surface area contributed by atoms with Gasteiger partial charge in [-0.1, -0.05) is 0 Å². The van der Waals surface area contributed by atoms with Gasteiger partial charge in [0.05, 0.1) is 6.07 Å². The van der Waals surface area contributed by atoms with Gasteiger partial charge in [-0.2, -0.15) is 5.26 Å². The van der Waals surface area contributed by atoms with Crippen molar-refractivity contribution in [3.63, 3.8) is 0 Å². The number of alkyl halides is 1. The number of sulfonamides is 1. The summed E-state index contributed by atoms with van der Waals surface area (Å²) in [5.41, 5.74) is 0. The van der Waals surface area contributed by atoms with Gasteiger partial charge < -0.3 is 0 Å². The van der Waals surface area contributed by atoms with Crippen LogP contribution in [0.3, 0.4) is 0 Å². The summed E-state index contributed by atoms with van der Waals surface area (Å²) < 4.78 is 24.6. The second-order valence-corrected chi connectivity index (χ2v) is 4.83. The van der Waals surface area contributed by atoms with E-state index in [2.05, 4.69) is 4.72 Å². The van der Waals surface area contributed by atoms with Crippen LogP contribution in [0.2, 0.25) is 0 Å². The molecular formula is C6H11ClN2O2S. The Morgan fingerprint density at radius 2 is 2.08 bits per heavy atom. The van der Waals surface area contributed by atoms with Gasteiger partial charge in [-0.25, -0.2) is 13.1 Å². The van der Waals surface area contributed by atoms with E-state index in [0.717, 1.165) is 0 Å². The highest BCUT2D eigenvalue weighted by Gasteiger charge is 2.21. The van der Waals surface area contributed by atoms with Crippen molar-refractivity contribution in [2.75, 3.05) is 5.88 Å². The summed E-state index contributed by atoms with van der Waals surface area (Å²) in [6, 6.07) is 1.30. The first-order chi connectivity index (χ1) is 5.44. The fourth-order valence-corrected chi connectivity index (χ4v) is 1.64. The highest BCUT2D eigenvalue weighted by molar-refractivity contribution is 7.90. The lowest BCUT2D eigenvalue weighted by Gasteiger charge is -2.11. The van der Waals surface area contributed by atoms with Crippen LogP contribution in [-0.4, -0.2) is 25.6 Å². The van der Waals surface area contributed by atoms with Crippen LogP contribution < -0.4 is 4.72 Å². The van der Waals surface area contributed by atoms with Crippen LogP contribution >= 0.6 is 11.6 Å². The minimum atomic E-state index is -3.52. The molecule has 0 aliphatic rings. The Bertz CT molecular complexity index is 270. The van der Waals surface area contributed by atoms with E-state index in [4.69, 9.17) is 16.9 Å². The van der Waals surface area contributed by atoms with Crippen LogP contribution in [0.1, 0.15) is 13.8 Å². The highest BCUT2D eigenvalue weighted by atomic mass is 35.5. The number of nitrogens with one attached hydrogen (secondary N) is 1. The molecule has 2 atom stereocenters. The van der Waals surface area contributed by atoms with Gasteiger partial charge in [-0.15, -0.1) is 11.6 Å². The van der Waals surface area contributed by atoms with Gasteiger partial charge in [-0.3, -0.25) is 0 Å². The van der Waals surface area contributed by atoms with Gasteiger partial charge in [0.15, 0.2) is 5.25 Å². The number of rotatable bonds is 4. The molecule has 0 aliphatic heterocycles. The van der Waals surface area contributed by atoms with Crippen LogP contribution in [-0.2, 0) is 10.0 Å². The summed E-state index contributed by atoms with van der Waals surface area (Å²) >= 11 is 5.40. The minimum absolute atomic E-state index is 0.192. The second kappa shape index (κ2) is 4.65. The molecule has 0 rings (SSSR count). The van der Waals surface area contributed by atoms with E-state index in [1.165, 1.54) is 6.92 Å². The molecule has 0 heterocycles. The highest BCUT2D eigenvalue weighted by Crippen LogP contribution is 1.98. The molecule has 0 saturated carbocycles. The van der Waals surface area contributed by atoms with Gasteiger partial charge in [0.25, 0.3) is 0 Å². The third-order valence-corrected chi connectivity index (χ3v) is 3.47. The van der Waals surface area contributed by atoms with Gasteiger partial charge in [0, 0.05) is 11.9 Å². The molecule has 0 aromatic carbocycles. The predicted molar refractivity (Wildman–Crippen MR) is 47.3 cm³/mol. The van der Waals surface area contributed by atoms with Crippen LogP contribution in [0.5, 0.6) is 0 Å². The molecule has 1 N–H and O–H groups in total. The molecule has 0 amide bonds. The Kier molecular flexibility index (Phi) is 4.53. The Morgan fingerprint density at radius 3 is 2.42 bits per heavy atom. The summed E-state index contributed by atoms with van der Waals surface area (Å²) in [4.78, 5) is 0. The molecule has 12 heavy (non-hydrogen) atoms. The monoisotopic (exact) mass is 210 g/mol. The number of nitriles is 1. The largest absolute Gasteiger partial charge is 0.227 e. The van der Waals surface area contributed by atoms with Crippen molar-refractivity contribution in [3.05, 3.63) is 0 Å². The topological polar surface area (TPSA) is 70.0 Å². The third kappa shape index (κ3) is 3.39. The second-order valence-electron chi connectivity index (χ2n) is 2.49. The zero-order valence-corrected chi connectivity index (χ0v) is 8.48. The molecule has 6 heteroatoms. The molecule has 0 aromatic heterocycles. The number of halogens is 1. The first-order valence-corrected chi connectivity index (χ1v) is 5.49. The van der Waals surface area contributed by atoms with E-state index < -0.39 is 15.3 Å². The van der Waals surface area contributed by atoms with Gasteiger partial charge in [-0.05, 0) is 13.8 Å². The van der Waals surface area contributed by atoms with Gasteiger partial charge in [0.2, 0.25) is 10.0 Å². The molecule has 0 fully saturated rings. The van der Waals surface area contributed by atoms with E-state index in [9.17, 15) is 8.42 Å². The number of hydrogen-bond donors (Lipinski definition) is 1. The van der Waals surface area contributed by atoms with Crippen LogP contribution in [0, 0.1) is 11.3 Å². The zero-order chi connectivity index (χ0) is 9.78. The molecule has 0 aromatic rings. The normalized spacial score (nSPS) is 16.5. The first kappa shape index (κ1) is 11.7. The Balaban J connectivity index is 4.36. The average Bonchev–Trinajstić information content (AvgIpc) is 2.02. The molecule has 0 saturated heterocycles. The molecule has 2 unspecified atom stereocenters. The SMILES string of the molecule is CC(CCl)NS(=O)(=O)C(C)C#N. The summed E-state index contributed by atoms with van der Waals surface area (Å²) in [6.45, 7) is 2.96. The number of nitrogens with zero attached hydrogens (tertiary/aromatic N) is 1. The fourth-order valence-electron chi connectivity index (χ4n) is 0.483. The van der Waals surface area contributed by atoms with Crippen LogP contribution in [0.15, 0.2) is 0 Å². The standard InChI is InChI=1S/C6H11ClN2O2S/c1-5(3-7)9-12(10,11)6(2)4-8/h5-6,9H,3H2,1-2H3. The lowest BCUT2D eigenvalue weighted by atomic mass is 10.4. The average molecular weight is 211 g/mol. The van der Waals surface area contributed by atoms with Crippen LogP contribution in [0.4, 0.5) is 0 Å². The molecule has 0 aliphatic carbocycles. The maximum Gasteiger partial charge on any atom is 0.227 e. The smallest absolute Gasteiger partial charge is 0.211 e. The van der Waals surface area contributed by atoms with Crippen molar-refractivity contribution in [2.45, 2.75) is 25.1 Å². The quantitative estimate of drug-likeness (QED) is 0.685. The van der Waals surface area contributed by atoms with E-state index in [1.807, 2.05) is 0 Å². The fraction of sp³-hybridized carbons (Fsp3) is 0.833. The molecule has 0 radical (unpaired) electrons. The summed E-state index contributed by atoms with van der Waals surface area (Å²) in [7, 11) is -3.52. The number of hydrogen-bond acceptors (Lipinski definition) is 3. The van der Waals surface area contributed by atoms with Crippen LogP contribution in [0.25, 0.3) is 0 Å². The maximum absolute atomic E-state index is 11.1. The molecule has 4 nitrogen and oxygen atoms in total. The molecule has 0 bridgehead atoms. The third-order valence-electron chi connectivity index (χ3n) is 1.24. The molecule has 70 valence electrons. The van der Waals surface area contributed by atoms with Crippen molar-refractivity contribution < 1.29 is 8.42 Å². The van der Waals surface area contributed by atoms with E-state index in [0.29, 0.717) is 0 Å².